The van der Waals surface area contributed by atoms with Crippen LogP contribution in [0.1, 0.15) is 25.3 Å². The van der Waals surface area contributed by atoms with E-state index >= 15 is 0 Å². The fourth-order valence-electron chi connectivity index (χ4n) is 5.98. The zero-order valence-electron chi connectivity index (χ0n) is 24.8. The number of aliphatic hydroxyl groups is 1. The van der Waals surface area contributed by atoms with Crippen molar-refractivity contribution in [2.75, 3.05) is 60.2 Å². The van der Waals surface area contributed by atoms with Gasteiger partial charge in [-0.15, -0.1) is 0 Å². The highest BCUT2D eigenvalue weighted by Gasteiger charge is 2.18. The lowest BCUT2D eigenvalue weighted by Crippen LogP contribution is -2.36. The van der Waals surface area contributed by atoms with Gasteiger partial charge in [0, 0.05) is 55.1 Å². The Morgan fingerprint density at radius 3 is 2.24 bits per heavy atom. The fraction of sp³-hybridized carbons (Fsp3) is 0.471. The molecule has 1 aliphatic rings. The maximum absolute atomic E-state index is 11.3. The van der Waals surface area contributed by atoms with E-state index in [2.05, 4.69) is 82.0 Å². The van der Waals surface area contributed by atoms with Crippen molar-refractivity contribution in [2.45, 2.75) is 39.0 Å². The molecular weight excluding hydrogens is 514 g/mol. The molecule has 3 aromatic carbocycles. The predicted octanol–water partition coefficient (Wildman–Crippen LogP) is 5.42. The Kier molecular flexibility index (Phi) is 10.2. The first-order chi connectivity index (χ1) is 20.1. The summed E-state index contributed by atoms with van der Waals surface area (Å²) in [5, 5.41) is 13.7. The second-order valence-electron chi connectivity index (χ2n) is 11.4. The first-order valence-corrected chi connectivity index (χ1v) is 14.9. The average Bonchev–Trinajstić information content (AvgIpc) is 3.30. The predicted molar refractivity (Wildman–Crippen MR) is 166 cm³/mol. The van der Waals surface area contributed by atoms with E-state index in [1.807, 2.05) is 6.07 Å². The number of piperidine rings is 1. The van der Waals surface area contributed by atoms with Crippen molar-refractivity contribution >= 4 is 21.8 Å². The van der Waals surface area contributed by atoms with Gasteiger partial charge >= 0.3 is 0 Å². The molecule has 1 N–H and O–H groups in total. The molecular formula is C34H45N3O4. The van der Waals surface area contributed by atoms with Crippen LogP contribution in [0.15, 0.2) is 66.7 Å². The third-order valence-electron chi connectivity index (χ3n) is 8.33. The lowest BCUT2D eigenvalue weighted by atomic mass is 9.99. The van der Waals surface area contributed by atoms with Crippen LogP contribution in [0.5, 0.6) is 11.5 Å². The van der Waals surface area contributed by atoms with Crippen molar-refractivity contribution in [1.29, 1.82) is 0 Å². The summed E-state index contributed by atoms with van der Waals surface area (Å²) in [6, 6.07) is 23.0. The van der Waals surface area contributed by atoms with Crippen molar-refractivity contribution < 1.29 is 19.3 Å². The number of aliphatic hydroxyl groups excluding tert-OH is 1. The molecule has 0 aliphatic carbocycles. The summed E-state index contributed by atoms with van der Waals surface area (Å²) in [6.45, 7) is 9.26. The van der Waals surface area contributed by atoms with Crippen LogP contribution in [0.4, 0.5) is 0 Å². The van der Waals surface area contributed by atoms with Gasteiger partial charge in [-0.25, -0.2) is 0 Å². The lowest BCUT2D eigenvalue weighted by molar-refractivity contribution is 0.0767. The number of hydrogen-bond donors (Lipinski definition) is 1. The second-order valence-corrected chi connectivity index (χ2v) is 11.4. The molecule has 7 heteroatoms. The number of benzene rings is 3. The minimum atomic E-state index is -0.548. The summed E-state index contributed by atoms with van der Waals surface area (Å²) in [4.78, 5) is 4.73. The van der Waals surface area contributed by atoms with Crippen LogP contribution in [0.25, 0.3) is 21.8 Å². The number of nitrogens with zero attached hydrogens (tertiary/aromatic N) is 3. The number of aromatic nitrogens is 1. The van der Waals surface area contributed by atoms with Crippen LogP contribution in [0.3, 0.4) is 0 Å². The van der Waals surface area contributed by atoms with E-state index in [1.54, 1.807) is 14.2 Å². The number of hydrogen-bond acceptors (Lipinski definition) is 6. The van der Waals surface area contributed by atoms with Crippen LogP contribution in [0, 0.1) is 5.92 Å². The second kappa shape index (κ2) is 14.2. The van der Waals surface area contributed by atoms with Crippen molar-refractivity contribution in [1.82, 2.24) is 14.4 Å². The molecule has 0 spiro atoms. The average molecular weight is 560 g/mol. The molecule has 41 heavy (non-hydrogen) atoms. The molecule has 5 rings (SSSR count). The van der Waals surface area contributed by atoms with Crippen LogP contribution in [-0.4, -0.2) is 85.7 Å². The van der Waals surface area contributed by atoms with Gasteiger partial charge in [-0.05, 0) is 61.7 Å². The van der Waals surface area contributed by atoms with Crippen molar-refractivity contribution in [3.05, 3.63) is 72.3 Å². The van der Waals surface area contributed by atoms with E-state index in [9.17, 15) is 5.11 Å². The van der Waals surface area contributed by atoms with Gasteiger partial charge in [0.15, 0.2) is 11.5 Å². The molecule has 0 saturated carbocycles. The minimum Gasteiger partial charge on any atom is -0.493 e. The highest BCUT2D eigenvalue weighted by atomic mass is 16.5. The number of ether oxygens (including phenoxy) is 3. The Labute approximate surface area is 244 Å². The zero-order valence-corrected chi connectivity index (χ0v) is 24.8. The van der Waals surface area contributed by atoms with E-state index in [4.69, 9.17) is 14.2 Å². The third kappa shape index (κ3) is 7.41. The zero-order chi connectivity index (χ0) is 28.6. The molecule has 220 valence electrons. The van der Waals surface area contributed by atoms with Gasteiger partial charge in [-0.1, -0.05) is 49.4 Å². The summed E-state index contributed by atoms with van der Waals surface area (Å²) in [7, 11) is 3.41. The number of para-hydroxylation sites is 2. The molecule has 7 nitrogen and oxygen atoms in total. The molecule has 1 atom stereocenters. The van der Waals surface area contributed by atoms with Crippen LogP contribution >= 0.6 is 0 Å². The molecule has 1 saturated heterocycles. The third-order valence-corrected chi connectivity index (χ3v) is 8.33. The molecule has 1 fully saturated rings. The molecule has 1 aromatic heterocycles. The first-order valence-electron chi connectivity index (χ1n) is 14.9. The maximum atomic E-state index is 11.3. The number of methoxy groups -OCH3 is 2. The summed E-state index contributed by atoms with van der Waals surface area (Å²) >= 11 is 0. The van der Waals surface area contributed by atoms with E-state index in [0.29, 0.717) is 32.8 Å². The van der Waals surface area contributed by atoms with Gasteiger partial charge in [-0.3, -0.25) is 9.80 Å². The monoisotopic (exact) mass is 559 g/mol. The molecule has 1 aliphatic heterocycles. The highest BCUT2D eigenvalue weighted by Crippen LogP contribution is 2.30. The number of fused-ring (bicyclic) bond motifs is 3. The van der Waals surface area contributed by atoms with E-state index in [0.717, 1.165) is 60.2 Å². The van der Waals surface area contributed by atoms with Gasteiger partial charge in [0.2, 0.25) is 0 Å². The van der Waals surface area contributed by atoms with Gasteiger partial charge < -0.3 is 23.9 Å². The van der Waals surface area contributed by atoms with Crippen LogP contribution in [0.2, 0.25) is 0 Å². The van der Waals surface area contributed by atoms with Crippen LogP contribution < -0.4 is 9.47 Å². The largest absolute Gasteiger partial charge is 0.493 e. The summed E-state index contributed by atoms with van der Waals surface area (Å²) in [5.41, 5.74) is 3.40. The van der Waals surface area contributed by atoms with E-state index < -0.39 is 6.10 Å². The van der Waals surface area contributed by atoms with E-state index in [-0.39, 0.29) is 0 Å². The Morgan fingerprint density at radius 2 is 1.59 bits per heavy atom. The normalized spacial score (nSPS) is 15.6. The molecule has 4 aromatic rings. The summed E-state index contributed by atoms with van der Waals surface area (Å²) in [6.07, 6.45) is 1.99. The van der Waals surface area contributed by atoms with Gasteiger partial charge in [-0.2, -0.15) is 0 Å². The Bertz CT molecular complexity index is 1340. The van der Waals surface area contributed by atoms with Gasteiger partial charge in [0.05, 0.1) is 26.4 Å². The molecule has 0 radical (unpaired) electrons. The van der Waals surface area contributed by atoms with Crippen molar-refractivity contribution in [3.8, 4) is 11.5 Å². The fourth-order valence-corrected chi connectivity index (χ4v) is 5.98. The van der Waals surface area contributed by atoms with Gasteiger partial charge in [0.1, 0.15) is 6.61 Å². The Hall–Kier alpha value is -3.10. The number of likely N-dealkylation sites (tertiary alicyclic amines) is 1. The summed E-state index contributed by atoms with van der Waals surface area (Å²) < 4.78 is 19.5. The SMILES string of the molecule is COCCN(Cc1ccc(OCCN2CCC(C)CC2)c(OC)c1)CC(O)Cn1c2ccccc2c2ccccc21. The molecule has 2 heterocycles. The van der Waals surface area contributed by atoms with Crippen molar-refractivity contribution in [3.63, 3.8) is 0 Å². The maximum Gasteiger partial charge on any atom is 0.161 e. The van der Waals surface area contributed by atoms with Gasteiger partial charge in [0.25, 0.3) is 0 Å². The molecule has 0 bridgehead atoms. The molecule has 1 unspecified atom stereocenters. The minimum absolute atomic E-state index is 0.517. The quantitative estimate of drug-likeness (QED) is 0.223. The smallest absolute Gasteiger partial charge is 0.161 e. The van der Waals surface area contributed by atoms with Crippen LogP contribution in [-0.2, 0) is 17.8 Å². The van der Waals surface area contributed by atoms with E-state index in [1.165, 1.54) is 23.6 Å². The lowest BCUT2D eigenvalue weighted by Gasteiger charge is -2.30. The Morgan fingerprint density at radius 1 is 0.902 bits per heavy atom. The molecule has 0 amide bonds. The Balaban J connectivity index is 1.23. The highest BCUT2D eigenvalue weighted by molar-refractivity contribution is 6.07. The first kappa shape index (κ1) is 29.4. The standard InChI is InChI=1S/C34H45N3O4/c1-26-14-16-35(17-15-26)19-21-41-33-13-12-27(22-34(33)40-3)23-36(18-20-39-2)24-28(38)25-37-31-10-6-4-8-29(31)30-9-5-7-11-32(30)37/h4-13,22,26,28,38H,14-21,23-25H2,1-3H3. The summed E-state index contributed by atoms with van der Waals surface area (Å²) in [5.74, 6) is 2.35. The number of rotatable bonds is 14. The van der Waals surface area contributed by atoms with Crippen molar-refractivity contribution in [2.24, 2.45) is 5.92 Å². The topological polar surface area (TPSA) is 59.3 Å².